The van der Waals surface area contributed by atoms with Crippen molar-refractivity contribution in [3.8, 4) is 5.75 Å². The van der Waals surface area contributed by atoms with Gasteiger partial charge in [0.1, 0.15) is 11.8 Å². The summed E-state index contributed by atoms with van der Waals surface area (Å²) in [5.74, 6) is 0.546. The molecule has 0 fully saturated rings. The second-order valence-corrected chi connectivity index (χ2v) is 8.23. The Labute approximate surface area is 181 Å². The van der Waals surface area contributed by atoms with Gasteiger partial charge in [-0.1, -0.05) is 44.2 Å². The summed E-state index contributed by atoms with van der Waals surface area (Å²) in [6.45, 7) is 8.16. The van der Waals surface area contributed by atoms with Crippen LogP contribution in [-0.2, 0) is 16.1 Å². The number of nitrogens with one attached hydrogen (secondary N) is 1. The maximum absolute atomic E-state index is 13.0. The molecule has 0 radical (unpaired) electrons. The summed E-state index contributed by atoms with van der Waals surface area (Å²) < 4.78 is 6.58. The van der Waals surface area contributed by atoms with E-state index in [4.69, 9.17) is 4.74 Å². The van der Waals surface area contributed by atoms with Crippen molar-refractivity contribution in [1.82, 2.24) is 10.2 Å². The number of aryl methyl sites for hydroxylation is 1. The Kier molecular flexibility index (Phi) is 8.26. The lowest BCUT2D eigenvalue weighted by molar-refractivity contribution is -0.142. The molecule has 1 atom stereocenters. The summed E-state index contributed by atoms with van der Waals surface area (Å²) in [5, 5.41) is 2.62. The molecule has 2 aromatic rings. The van der Waals surface area contributed by atoms with Crippen molar-refractivity contribution >= 4 is 27.7 Å². The summed E-state index contributed by atoms with van der Waals surface area (Å²) in [6, 6.07) is 13.1. The van der Waals surface area contributed by atoms with Gasteiger partial charge in [-0.05, 0) is 64.5 Å². The molecule has 0 saturated carbocycles. The zero-order chi connectivity index (χ0) is 21.6. The predicted molar refractivity (Wildman–Crippen MR) is 119 cm³/mol. The van der Waals surface area contributed by atoms with E-state index in [-0.39, 0.29) is 18.4 Å². The molecule has 0 aliphatic rings. The van der Waals surface area contributed by atoms with E-state index in [1.807, 2.05) is 49.4 Å². The Bertz CT molecular complexity index is 867. The number of likely N-dealkylation sites (N-methyl/N-ethyl adjacent to an activating group) is 1. The molecule has 2 aromatic carbocycles. The third-order valence-electron chi connectivity index (χ3n) is 4.99. The number of nitrogens with zero attached hydrogens (tertiary/aromatic N) is 1. The van der Waals surface area contributed by atoms with Gasteiger partial charge in [0.15, 0.2) is 6.61 Å². The van der Waals surface area contributed by atoms with Crippen molar-refractivity contribution in [2.45, 2.75) is 46.2 Å². The normalized spacial score (nSPS) is 11.8. The summed E-state index contributed by atoms with van der Waals surface area (Å²) in [6.07, 6.45) is 0. The van der Waals surface area contributed by atoms with Crippen LogP contribution in [0.5, 0.6) is 5.75 Å². The third-order valence-corrected chi connectivity index (χ3v) is 5.61. The van der Waals surface area contributed by atoms with Crippen LogP contribution < -0.4 is 10.1 Å². The maximum Gasteiger partial charge on any atom is 0.261 e. The Morgan fingerprint density at radius 1 is 1.14 bits per heavy atom. The van der Waals surface area contributed by atoms with E-state index < -0.39 is 6.04 Å². The Balaban J connectivity index is 2.17. The largest absolute Gasteiger partial charge is 0.483 e. The first-order valence-electron chi connectivity index (χ1n) is 9.72. The lowest BCUT2D eigenvalue weighted by Crippen LogP contribution is -2.48. The first kappa shape index (κ1) is 22.9. The minimum atomic E-state index is -0.609. The van der Waals surface area contributed by atoms with Crippen molar-refractivity contribution in [1.29, 1.82) is 0 Å². The van der Waals surface area contributed by atoms with Gasteiger partial charge in [-0.3, -0.25) is 9.59 Å². The van der Waals surface area contributed by atoms with Crippen molar-refractivity contribution in [3.05, 3.63) is 63.6 Å². The first-order chi connectivity index (χ1) is 13.7. The van der Waals surface area contributed by atoms with Gasteiger partial charge in [-0.15, -0.1) is 0 Å². The van der Waals surface area contributed by atoms with Gasteiger partial charge < -0.3 is 15.0 Å². The number of ether oxygens (including phenoxy) is 1. The van der Waals surface area contributed by atoms with Crippen LogP contribution in [-0.4, -0.2) is 36.4 Å². The molecule has 6 heteroatoms. The fourth-order valence-electron chi connectivity index (χ4n) is 2.98. The summed E-state index contributed by atoms with van der Waals surface area (Å²) >= 11 is 3.52. The fourth-order valence-corrected chi connectivity index (χ4v) is 3.49. The van der Waals surface area contributed by atoms with Crippen LogP contribution >= 0.6 is 15.9 Å². The van der Waals surface area contributed by atoms with Crippen LogP contribution in [0.2, 0.25) is 0 Å². The predicted octanol–water partition coefficient (Wildman–Crippen LogP) is 4.42. The average molecular weight is 461 g/mol. The molecule has 5 nitrogen and oxygen atoms in total. The number of halogens is 1. The van der Waals surface area contributed by atoms with Crippen LogP contribution in [0, 0.1) is 6.92 Å². The molecule has 1 N–H and O–H groups in total. The third kappa shape index (κ3) is 6.07. The van der Waals surface area contributed by atoms with E-state index in [1.54, 1.807) is 18.9 Å². The highest BCUT2D eigenvalue weighted by molar-refractivity contribution is 9.10. The molecule has 2 rings (SSSR count). The van der Waals surface area contributed by atoms with Crippen molar-refractivity contribution in [2.75, 3.05) is 13.7 Å². The molecule has 2 amide bonds. The Morgan fingerprint density at radius 3 is 2.41 bits per heavy atom. The second-order valence-electron chi connectivity index (χ2n) is 7.37. The van der Waals surface area contributed by atoms with Gasteiger partial charge in [0, 0.05) is 13.6 Å². The van der Waals surface area contributed by atoms with Crippen molar-refractivity contribution in [2.24, 2.45) is 0 Å². The van der Waals surface area contributed by atoms with Crippen LogP contribution in [0.4, 0.5) is 0 Å². The summed E-state index contributed by atoms with van der Waals surface area (Å²) in [5.41, 5.74) is 3.26. The zero-order valence-corrected chi connectivity index (χ0v) is 19.2. The van der Waals surface area contributed by atoms with Crippen LogP contribution in [0.15, 0.2) is 46.9 Å². The number of rotatable bonds is 8. The van der Waals surface area contributed by atoms with Gasteiger partial charge in [0.05, 0.1) is 4.47 Å². The van der Waals surface area contributed by atoms with Crippen molar-refractivity contribution in [3.63, 3.8) is 0 Å². The first-order valence-corrected chi connectivity index (χ1v) is 10.5. The lowest BCUT2D eigenvalue weighted by Gasteiger charge is -2.29. The molecule has 0 aromatic heterocycles. The highest BCUT2D eigenvalue weighted by Crippen LogP contribution is 2.29. The zero-order valence-electron chi connectivity index (χ0n) is 17.7. The molecule has 156 valence electrons. The van der Waals surface area contributed by atoms with E-state index in [1.165, 1.54) is 5.56 Å². The molecule has 0 unspecified atom stereocenters. The number of carbonyl (C=O) groups excluding carboxylic acids is 2. The van der Waals surface area contributed by atoms with E-state index >= 15 is 0 Å². The second kappa shape index (κ2) is 10.4. The molecule has 0 saturated heterocycles. The Hall–Kier alpha value is -2.34. The molecular weight excluding hydrogens is 432 g/mol. The van der Waals surface area contributed by atoms with Crippen molar-refractivity contribution < 1.29 is 14.3 Å². The molecule has 0 spiro atoms. The lowest BCUT2D eigenvalue weighted by atomic mass is 10.0. The quantitative estimate of drug-likeness (QED) is 0.633. The number of benzene rings is 2. The van der Waals surface area contributed by atoms with Crippen LogP contribution in [0.25, 0.3) is 0 Å². The minimum absolute atomic E-state index is 0.146. The summed E-state index contributed by atoms with van der Waals surface area (Å²) in [7, 11) is 1.57. The Morgan fingerprint density at radius 2 is 1.83 bits per heavy atom. The van der Waals surface area contributed by atoms with Crippen LogP contribution in [0.3, 0.4) is 0 Å². The van der Waals surface area contributed by atoms with E-state index in [0.717, 1.165) is 15.6 Å². The highest BCUT2D eigenvalue weighted by Gasteiger charge is 2.26. The smallest absolute Gasteiger partial charge is 0.261 e. The SMILES string of the molecule is CNC(=O)[C@H](C)N(Cc1ccccc1C)C(=O)COc1ccc(C(C)C)cc1Br. The van der Waals surface area contributed by atoms with E-state index in [2.05, 4.69) is 35.1 Å². The molecule has 0 heterocycles. The van der Waals surface area contributed by atoms with Gasteiger partial charge in [0.25, 0.3) is 5.91 Å². The monoisotopic (exact) mass is 460 g/mol. The topological polar surface area (TPSA) is 58.6 Å². The number of hydrogen-bond acceptors (Lipinski definition) is 3. The van der Waals surface area contributed by atoms with Gasteiger partial charge >= 0.3 is 0 Å². The van der Waals surface area contributed by atoms with E-state index in [0.29, 0.717) is 18.2 Å². The van der Waals surface area contributed by atoms with Gasteiger partial charge in [-0.2, -0.15) is 0 Å². The molecule has 0 bridgehead atoms. The average Bonchev–Trinajstić information content (AvgIpc) is 2.70. The van der Waals surface area contributed by atoms with Gasteiger partial charge in [0.2, 0.25) is 5.91 Å². The minimum Gasteiger partial charge on any atom is -0.483 e. The molecular formula is C23H29BrN2O3. The number of amides is 2. The molecule has 0 aliphatic carbocycles. The molecule has 0 aliphatic heterocycles. The molecule has 29 heavy (non-hydrogen) atoms. The van der Waals surface area contributed by atoms with Gasteiger partial charge in [-0.25, -0.2) is 0 Å². The fraction of sp³-hybridized carbons (Fsp3) is 0.391. The summed E-state index contributed by atoms with van der Waals surface area (Å²) in [4.78, 5) is 26.7. The maximum atomic E-state index is 13.0. The van der Waals surface area contributed by atoms with E-state index in [9.17, 15) is 9.59 Å². The highest BCUT2D eigenvalue weighted by atomic mass is 79.9. The standard InChI is InChI=1S/C23H29BrN2O3/c1-15(2)18-10-11-21(20(24)12-18)29-14-22(27)26(17(4)23(28)25-5)13-19-9-7-6-8-16(19)3/h6-12,15,17H,13-14H2,1-5H3,(H,25,28)/t17-/m0/s1. The number of carbonyl (C=O) groups is 2. The number of hydrogen-bond donors (Lipinski definition) is 1. The van der Waals surface area contributed by atoms with Crippen LogP contribution in [0.1, 0.15) is 43.4 Å².